The van der Waals surface area contributed by atoms with Crippen LogP contribution in [0.3, 0.4) is 0 Å². The van der Waals surface area contributed by atoms with Gasteiger partial charge in [0, 0.05) is 23.9 Å². The van der Waals surface area contributed by atoms with Crippen LogP contribution in [0.4, 0.5) is 0 Å². The summed E-state index contributed by atoms with van der Waals surface area (Å²) in [6, 6.07) is 29.1. The predicted molar refractivity (Wildman–Crippen MR) is 132 cm³/mol. The number of benzene rings is 3. The number of aliphatic hydroxyl groups excluding tert-OH is 1. The number of hydrogen-bond acceptors (Lipinski definition) is 4. The molecular weight excluding hydrogens is 426 g/mol. The Hall–Kier alpha value is -4.42. The molecule has 34 heavy (non-hydrogen) atoms. The summed E-state index contributed by atoms with van der Waals surface area (Å²) < 4.78 is 8.00. The first-order valence-corrected chi connectivity index (χ1v) is 11.0. The van der Waals surface area contributed by atoms with E-state index >= 15 is 0 Å². The molecule has 6 heteroatoms. The summed E-state index contributed by atoms with van der Waals surface area (Å²) in [5.74, 6) is 1.34. The van der Waals surface area contributed by atoms with E-state index in [0.717, 1.165) is 39.5 Å². The third-order valence-electron chi connectivity index (χ3n) is 5.48. The van der Waals surface area contributed by atoms with Gasteiger partial charge < -0.3 is 19.6 Å². The number of nitrogens with one attached hydrogen (secondary N) is 1. The Morgan fingerprint density at radius 3 is 2.47 bits per heavy atom. The molecule has 0 atom stereocenters. The maximum atomic E-state index is 12.3. The summed E-state index contributed by atoms with van der Waals surface area (Å²) in [5.41, 5.74) is 5.17. The third kappa shape index (κ3) is 4.53. The molecule has 6 nitrogen and oxygen atoms in total. The second kappa shape index (κ2) is 9.60. The number of nitrogens with zero attached hydrogens (tertiary/aromatic N) is 2. The van der Waals surface area contributed by atoms with Crippen molar-refractivity contribution in [2.75, 3.05) is 13.2 Å². The van der Waals surface area contributed by atoms with Crippen LogP contribution in [-0.2, 0) is 0 Å². The number of para-hydroxylation sites is 1. The molecule has 0 saturated carbocycles. The molecule has 5 aromatic rings. The van der Waals surface area contributed by atoms with Gasteiger partial charge in [0.05, 0.1) is 29.7 Å². The maximum Gasteiger partial charge on any atom is 0.251 e. The number of carbonyl (C=O) groups excluding carboxylic acids is 1. The molecule has 0 saturated heterocycles. The molecule has 0 spiro atoms. The van der Waals surface area contributed by atoms with Crippen molar-refractivity contribution in [1.29, 1.82) is 0 Å². The summed E-state index contributed by atoms with van der Waals surface area (Å²) >= 11 is 0. The summed E-state index contributed by atoms with van der Waals surface area (Å²) in [7, 11) is 0. The van der Waals surface area contributed by atoms with E-state index in [4.69, 9.17) is 9.84 Å². The Kier molecular flexibility index (Phi) is 6.05. The minimum atomic E-state index is -0.226. The number of carbonyl (C=O) groups is 1. The van der Waals surface area contributed by atoms with Crippen molar-refractivity contribution in [1.82, 2.24) is 14.7 Å². The van der Waals surface area contributed by atoms with Crippen LogP contribution < -0.4 is 10.1 Å². The zero-order chi connectivity index (χ0) is 23.3. The molecule has 1 amide bonds. The van der Waals surface area contributed by atoms with Crippen molar-refractivity contribution >= 4 is 11.4 Å². The zero-order valence-electron chi connectivity index (χ0n) is 18.4. The highest BCUT2D eigenvalue weighted by Gasteiger charge is 2.10. The van der Waals surface area contributed by atoms with Crippen LogP contribution in [0.2, 0.25) is 0 Å². The van der Waals surface area contributed by atoms with E-state index in [1.807, 2.05) is 85.2 Å². The molecule has 5 rings (SSSR count). The molecule has 168 valence electrons. The lowest BCUT2D eigenvalue weighted by molar-refractivity contribution is 0.0945. The molecule has 0 aliphatic rings. The lowest BCUT2D eigenvalue weighted by Gasteiger charge is -2.09. The number of hydrogen-bond donors (Lipinski definition) is 2. The van der Waals surface area contributed by atoms with E-state index in [1.165, 1.54) is 0 Å². The highest BCUT2D eigenvalue weighted by Crippen LogP contribution is 2.28. The van der Waals surface area contributed by atoms with E-state index < -0.39 is 0 Å². The zero-order valence-corrected chi connectivity index (χ0v) is 18.4. The predicted octanol–water partition coefficient (Wildman–Crippen LogP) is 5.18. The number of fused-ring (bicyclic) bond motifs is 1. The lowest BCUT2D eigenvalue weighted by Crippen LogP contribution is -2.26. The summed E-state index contributed by atoms with van der Waals surface area (Å²) in [6.45, 7) is 0.120. The average Bonchev–Trinajstić information content (AvgIpc) is 3.32. The van der Waals surface area contributed by atoms with E-state index in [2.05, 4.69) is 20.8 Å². The Balaban J connectivity index is 1.43. The Labute approximate surface area is 197 Å². The topological polar surface area (TPSA) is 75.9 Å². The SMILES string of the molecule is O=C(NCCO)c1cccc(-c2cn3c(-c4ccc(Oc5ccccc5)cc4)ccc3cn2)c1. The third-order valence-corrected chi connectivity index (χ3v) is 5.48. The van der Waals surface area contributed by atoms with Gasteiger partial charge in [0.2, 0.25) is 0 Å². The van der Waals surface area contributed by atoms with Gasteiger partial charge in [-0.1, -0.05) is 30.3 Å². The Bertz CT molecular complexity index is 1430. The molecule has 2 N–H and O–H groups in total. The van der Waals surface area contributed by atoms with Crippen molar-refractivity contribution in [3.05, 3.63) is 109 Å². The van der Waals surface area contributed by atoms with E-state index in [0.29, 0.717) is 5.56 Å². The molecule has 2 aromatic heterocycles. The van der Waals surface area contributed by atoms with Crippen LogP contribution in [0.5, 0.6) is 11.5 Å². The number of rotatable bonds is 7. The minimum absolute atomic E-state index is 0.0978. The number of ether oxygens (including phenoxy) is 1. The van der Waals surface area contributed by atoms with Crippen molar-refractivity contribution in [2.45, 2.75) is 0 Å². The molecule has 0 radical (unpaired) electrons. The van der Waals surface area contributed by atoms with Gasteiger partial charge in [0.15, 0.2) is 0 Å². The van der Waals surface area contributed by atoms with Gasteiger partial charge in [-0.15, -0.1) is 0 Å². The molecular formula is C28H23N3O3. The second-order valence-electron chi connectivity index (χ2n) is 7.79. The van der Waals surface area contributed by atoms with Crippen LogP contribution in [0.25, 0.3) is 28.0 Å². The van der Waals surface area contributed by atoms with E-state index in [-0.39, 0.29) is 19.1 Å². The summed E-state index contributed by atoms with van der Waals surface area (Å²) in [4.78, 5) is 16.9. The van der Waals surface area contributed by atoms with Crippen LogP contribution >= 0.6 is 0 Å². The fourth-order valence-electron chi connectivity index (χ4n) is 3.80. The van der Waals surface area contributed by atoms with Crippen LogP contribution in [0, 0.1) is 0 Å². The average molecular weight is 450 g/mol. The van der Waals surface area contributed by atoms with Crippen LogP contribution in [0.1, 0.15) is 10.4 Å². The molecule has 2 heterocycles. The highest BCUT2D eigenvalue weighted by molar-refractivity contribution is 5.95. The van der Waals surface area contributed by atoms with E-state index in [9.17, 15) is 4.79 Å². The number of aromatic nitrogens is 2. The monoisotopic (exact) mass is 449 g/mol. The van der Waals surface area contributed by atoms with Gasteiger partial charge in [0.25, 0.3) is 5.91 Å². The van der Waals surface area contributed by atoms with Crippen molar-refractivity contribution < 1.29 is 14.6 Å². The van der Waals surface area contributed by atoms with Crippen molar-refractivity contribution in [3.8, 4) is 34.0 Å². The molecule has 0 fully saturated rings. The quantitative estimate of drug-likeness (QED) is 0.359. The number of amides is 1. The van der Waals surface area contributed by atoms with Gasteiger partial charge in [-0.05, 0) is 66.2 Å². The van der Waals surface area contributed by atoms with Gasteiger partial charge >= 0.3 is 0 Å². The van der Waals surface area contributed by atoms with E-state index in [1.54, 1.807) is 12.1 Å². The Morgan fingerprint density at radius 2 is 1.68 bits per heavy atom. The summed E-state index contributed by atoms with van der Waals surface area (Å²) in [6.07, 6.45) is 3.80. The first kappa shape index (κ1) is 21.4. The standard InChI is InChI=1S/C28H23N3O3/c32-16-15-29-28(33)22-6-4-5-21(17-22)26-19-31-23(18-30-26)11-14-27(31)20-9-12-25(13-10-20)34-24-7-2-1-3-8-24/h1-14,17-19,32H,15-16H2,(H,29,33). The highest BCUT2D eigenvalue weighted by atomic mass is 16.5. The molecule has 0 aliphatic carbocycles. The van der Waals surface area contributed by atoms with Crippen LogP contribution in [0.15, 0.2) is 103 Å². The lowest BCUT2D eigenvalue weighted by atomic mass is 10.1. The second-order valence-corrected chi connectivity index (χ2v) is 7.79. The molecule has 3 aromatic carbocycles. The molecule has 0 unspecified atom stereocenters. The first-order chi connectivity index (χ1) is 16.7. The van der Waals surface area contributed by atoms with Crippen molar-refractivity contribution in [3.63, 3.8) is 0 Å². The van der Waals surface area contributed by atoms with Gasteiger partial charge in [-0.2, -0.15) is 0 Å². The maximum absolute atomic E-state index is 12.3. The Morgan fingerprint density at radius 1 is 0.882 bits per heavy atom. The van der Waals surface area contributed by atoms with Gasteiger partial charge in [-0.25, -0.2) is 0 Å². The molecule has 0 aliphatic heterocycles. The van der Waals surface area contributed by atoms with Crippen LogP contribution in [-0.4, -0.2) is 33.6 Å². The number of aliphatic hydroxyl groups is 1. The normalized spacial score (nSPS) is 10.9. The smallest absolute Gasteiger partial charge is 0.251 e. The largest absolute Gasteiger partial charge is 0.457 e. The summed E-state index contributed by atoms with van der Waals surface area (Å²) in [5, 5.41) is 11.6. The molecule has 0 bridgehead atoms. The van der Waals surface area contributed by atoms with Gasteiger partial charge in [0.1, 0.15) is 11.5 Å². The fourth-order valence-corrected chi connectivity index (χ4v) is 3.80. The van der Waals surface area contributed by atoms with Crippen molar-refractivity contribution in [2.24, 2.45) is 0 Å². The minimum Gasteiger partial charge on any atom is -0.457 e. The first-order valence-electron chi connectivity index (χ1n) is 11.0. The fraction of sp³-hybridized carbons (Fsp3) is 0.0714. The van der Waals surface area contributed by atoms with Gasteiger partial charge in [-0.3, -0.25) is 9.78 Å².